The average molecular weight is 333 g/mol. The molecule has 1 amide bonds. The first kappa shape index (κ1) is 15.7. The number of rotatable bonds is 4. The Morgan fingerprint density at radius 3 is 2.68 bits per heavy atom. The molecule has 2 N–H and O–H groups in total. The van der Waals surface area contributed by atoms with E-state index in [1.807, 2.05) is 30.3 Å². The quantitative estimate of drug-likeness (QED) is 0.755. The van der Waals surface area contributed by atoms with E-state index in [-0.39, 0.29) is 11.9 Å². The maximum absolute atomic E-state index is 12.5. The van der Waals surface area contributed by atoms with E-state index in [0.29, 0.717) is 5.69 Å². The smallest absolute Gasteiger partial charge is 0.271 e. The second-order valence-corrected chi connectivity index (χ2v) is 6.57. The monoisotopic (exact) mass is 333 g/mol. The van der Waals surface area contributed by atoms with Crippen molar-refractivity contribution in [3.63, 3.8) is 0 Å². The number of hydrogen-bond donors (Lipinski definition) is 2. The molecule has 2 aromatic carbocycles. The average Bonchev–Trinajstić information content (AvgIpc) is 3.09. The van der Waals surface area contributed by atoms with Crippen LogP contribution >= 0.6 is 0 Å². The Balaban J connectivity index is 1.37. The number of nitrogens with zero attached hydrogens (tertiary/aromatic N) is 2. The van der Waals surface area contributed by atoms with Crippen molar-refractivity contribution in [2.24, 2.45) is 0 Å². The molecule has 0 radical (unpaired) electrons. The van der Waals surface area contributed by atoms with Crippen molar-refractivity contribution in [1.82, 2.24) is 15.3 Å². The van der Waals surface area contributed by atoms with Gasteiger partial charge < -0.3 is 10.2 Å². The van der Waals surface area contributed by atoms with Gasteiger partial charge in [-0.1, -0.05) is 42.5 Å². The van der Waals surface area contributed by atoms with Crippen LogP contribution < -0.4 is 10.2 Å². The molecule has 2 atom stereocenters. The highest BCUT2D eigenvalue weighted by molar-refractivity contribution is 5.93. The molecule has 1 saturated heterocycles. The molecule has 0 bridgehead atoms. The number of hydrogen-bond acceptors (Lipinski definition) is 3. The molecule has 0 spiro atoms. The van der Waals surface area contributed by atoms with E-state index in [9.17, 15) is 4.79 Å². The summed E-state index contributed by atoms with van der Waals surface area (Å²) >= 11 is 0. The predicted octanol–water partition coefficient (Wildman–Crippen LogP) is 1.22. The van der Waals surface area contributed by atoms with Crippen LogP contribution in [0.1, 0.15) is 22.5 Å². The standard InChI is InChI=1S/C20H20N4O/c25-20(19-12-21-17-8-4-5-9-18(17)23-19)22-16-10-11-24(14-16)13-15-6-2-1-3-7-15/h1-9,12,16H,10-11,13-14H2,(H,22,25)/p+1/t16-/m1/s1. The van der Waals surface area contributed by atoms with E-state index >= 15 is 0 Å². The molecular weight excluding hydrogens is 312 g/mol. The fraction of sp³-hybridized carbons (Fsp3) is 0.250. The number of aromatic nitrogens is 2. The van der Waals surface area contributed by atoms with Gasteiger partial charge in [0.15, 0.2) is 0 Å². The van der Waals surface area contributed by atoms with Gasteiger partial charge in [0.1, 0.15) is 12.2 Å². The Labute approximate surface area is 146 Å². The third-order valence-electron chi connectivity index (χ3n) is 4.69. The van der Waals surface area contributed by atoms with Crippen LogP contribution in [0.4, 0.5) is 0 Å². The molecule has 0 aliphatic carbocycles. The van der Waals surface area contributed by atoms with Crippen LogP contribution in [0.25, 0.3) is 11.0 Å². The van der Waals surface area contributed by atoms with Gasteiger partial charge in [-0.15, -0.1) is 0 Å². The Hall–Kier alpha value is -2.79. The van der Waals surface area contributed by atoms with Gasteiger partial charge in [-0.25, -0.2) is 4.98 Å². The van der Waals surface area contributed by atoms with Crippen LogP contribution in [-0.2, 0) is 6.54 Å². The van der Waals surface area contributed by atoms with Crippen LogP contribution in [0.5, 0.6) is 0 Å². The second-order valence-electron chi connectivity index (χ2n) is 6.57. The lowest BCUT2D eigenvalue weighted by atomic mass is 10.2. The van der Waals surface area contributed by atoms with Crippen molar-refractivity contribution in [2.75, 3.05) is 13.1 Å². The number of carbonyl (C=O) groups is 1. The van der Waals surface area contributed by atoms with E-state index < -0.39 is 0 Å². The van der Waals surface area contributed by atoms with Gasteiger partial charge >= 0.3 is 0 Å². The van der Waals surface area contributed by atoms with Gasteiger partial charge in [0.2, 0.25) is 0 Å². The molecule has 1 aromatic heterocycles. The van der Waals surface area contributed by atoms with Crippen LogP contribution in [-0.4, -0.2) is 35.0 Å². The largest absolute Gasteiger partial charge is 0.342 e. The normalized spacial score (nSPS) is 19.8. The number of amides is 1. The van der Waals surface area contributed by atoms with E-state index in [1.165, 1.54) is 10.5 Å². The first-order valence-electron chi connectivity index (χ1n) is 8.68. The number of likely N-dealkylation sites (tertiary alicyclic amines) is 1. The zero-order valence-corrected chi connectivity index (χ0v) is 14.0. The van der Waals surface area contributed by atoms with Crippen LogP contribution in [0.3, 0.4) is 0 Å². The van der Waals surface area contributed by atoms with Crippen molar-refractivity contribution in [1.29, 1.82) is 0 Å². The lowest BCUT2D eigenvalue weighted by Crippen LogP contribution is -3.09. The summed E-state index contributed by atoms with van der Waals surface area (Å²) in [5.74, 6) is -0.135. The molecule has 1 fully saturated rings. The highest BCUT2D eigenvalue weighted by Crippen LogP contribution is 2.09. The maximum Gasteiger partial charge on any atom is 0.271 e. The summed E-state index contributed by atoms with van der Waals surface area (Å²) in [6.07, 6.45) is 2.55. The van der Waals surface area contributed by atoms with Gasteiger partial charge in [-0.2, -0.15) is 0 Å². The van der Waals surface area contributed by atoms with Gasteiger partial charge in [-0.05, 0) is 12.1 Å². The van der Waals surface area contributed by atoms with Gasteiger partial charge in [0, 0.05) is 12.0 Å². The number of para-hydroxylation sites is 2. The molecule has 5 heteroatoms. The Kier molecular flexibility index (Phi) is 4.39. The van der Waals surface area contributed by atoms with E-state index in [2.05, 4.69) is 39.6 Å². The topological polar surface area (TPSA) is 59.3 Å². The third kappa shape index (κ3) is 3.67. The van der Waals surface area contributed by atoms with E-state index in [1.54, 1.807) is 6.20 Å². The summed E-state index contributed by atoms with van der Waals surface area (Å²) in [7, 11) is 0. The summed E-state index contributed by atoms with van der Waals surface area (Å²) in [6.45, 7) is 3.02. The summed E-state index contributed by atoms with van der Waals surface area (Å²) < 4.78 is 0. The van der Waals surface area contributed by atoms with Crippen molar-refractivity contribution in [2.45, 2.75) is 19.0 Å². The Bertz CT molecular complexity index is 881. The molecule has 2 heterocycles. The molecule has 4 rings (SSSR count). The first-order chi connectivity index (χ1) is 12.3. The molecular formula is C20H21N4O+. The van der Waals surface area contributed by atoms with E-state index in [0.717, 1.165) is 37.1 Å². The lowest BCUT2D eigenvalue weighted by molar-refractivity contribution is -0.901. The third-order valence-corrected chi connectivity index (χ3v) is 4.69. The van der Waals surface area contributed by atoms with Crippen molar-refractivity contribution >= 4 is 16.9 Å². The van der Waals surface area contributed by atoms with Crippen molar-refractivity contribution < 1.29 is 9.69 Å². The number of quaternary nitrogens is 1. The summed E-state index contributed by atoms with van der Waals surface area (Å²) in [4.78, 5) is 22.7. The molecule has 1 aliphatic rings. The highest BCUT2D eigenvalue weighted by atomic mass is 16.2. The van der Waals surface area contributed by atoms with E-state index in [4.69, 9.17) is 0 Å². The number of nitrogens with one attached hydrogen (secondary N) is 2. The first-order valence-corrected chi connectivity index (χ1v) is 8.68. The zero-order chi connectivity index (χ0) is 17.1. The molecule has 1 unspecified atom stereocenters. The molecule has 3 aromatic rings. The summed E-state index contributed by atoms with van der Waals surface area (Å²) in [6, 6.07) is 18.3. The molecule has 126 valence electrons. The molecule has 1 aliphatic heterocycles. The van der Waals surface area contributed by atoms with Gasteiger partial charge in [0.05, 0.1) is 36.4 Å². The Morgan fingerprint density at radius 1 is 1.08 bits per heavy atom. The number of fused-ring (bicyclic) bond motifs is 1. The predicted molar refractivity (Wildman–Crippen MR) is 96.3 cm³/mol. The molecule has 0 saturated carbocycles. The van der Waals surface area contributed by atoms with Crippen LogP contribution in [0.15, 0.2) is 60.8 Å². The minimum absolute atomic E-state index is 0.135. The van der Waals surface area contributed by atoms with Crippen molar-refractivity contribution in [3.8, 4) is 0 Å². The van der Waals surface area contributed by atoms with Crippen molar-refractivity contribution in [3.05, 3.63) is 72.1 Å². The fourth-order valence-corrected chi connectivity index (χ4v) is 3.43. The SMILES string of the molecule is O=C(N[C@@H]1CC[NH+](Cc2ccccc2)C1)c1cnc2ccccc2n1. The lowest BCUT2D eigenvalue weighted by Gasteiger charge is -2.14. The maximum atomic E-state index is 12.5. The Morgan fingerprint density at radius 2 is 1.84 bits per heavy atom. The second kappa shape index (κ2) is 6.99. The summed E-state index contributed by atoms with van der Waals surface area (Å²) in [5, 5.41) is 3.11. The number of carbonyl (C=O) groups excluding carboxylic acids is 1. The molecule has 25 heavy (non-hydrogen) atoms. The number of benzene rings is 2. The van der Waals surface area contributed by atoms with Gasteiger partial charge in [-0.3, -0.25) is 9.78 Å². The van der Waals surface area contributed by atoms with Crippen LogP contribution in [0.2, 0.25) is 0 Å². The highest BCUT2D eigenvalue weighted by Gasteiger charge is 2.28. The zero-order valence-electron chi connectivity index (χ0n) is 14.0. The summed E-state index contributed by atoms with van der Waals surface area (Å²) in [5.41, 5.74) is 3.27. The molecule has 5 nitrogen and oxygen atoms in total. The van der Waals surface area contributed by atoms with Gasteiger partial charge in [0.25, 0.3) is 5.91 Å². The minimum Gasteiger partial charge on any atom is -0.342 e. The fourth-order valence-electron chi connectivity index (χ4n) is 3.43. The minimum atomic E-state index is -0.135. The van der Waals surface area contributed by atoms with Crippen LogP contribution in [0, 0.1) is 0 Å².